The summed E-state index contributed by atoms with van der Waals surface area (Å²) in [7, 11) is 0. The topological polar surface area (TPSA) is 9.23 Å². The average Bonchev–Trinajstić information content (AvgIpc) is 3.62. The fraction of sp³-hybridized carbons (Fsp3) is 0.0213. The maximum absolute atomic E-state index is 6.60. The molecule has 1 heteroatoms. The molecule has 48 heavy (non-hydrogen) atoms. The van der Waals surface area contributed by atoms with Gasteiger partial charge in [0.2, 0.25) is 0 Å². The lowest BCUT2D eigenvalue weighted by Crippen LogP contribution is -2.25. The van der Waals surface area contributed by atoms with Crippen LogP contribution in [0.4, 0.5) is 0 Å². The normalized spacial score (nSPS) is 13.8. The highest BCUT2D eigenvalue weighted by atomic mass is 16.5. The largest absolute Gasteiger partial charge is 0.456 e. The summed E-state index contributed by atoms with van der Waals surface area (Å²) in [5.74, 6) is 1.81. The molecule has 8 aromatic carbocycles. The van der Waals surface area contributed by atoms with Gasteiger partial charge in [0.05, 0.1) is 5.41 Å². The third-order valence-electron chi connectivity index (χ3n) is 10.9. The lowest BCUT2D eigenvalue weighted by atomic mass is 9.70. The smallest absolute Gasteiger partial charge is 0.135 e. The van der Waals surface area contributed by atoms with Crippen molar-refractivity contribution in [3.63, 3.8) is 0 Å². The first-order valence-electron chi connectivity index (χ1n) is 16.7. The van der Waals surface area contributed by atoms with Gasteiger partial charge in [-0.2, -0.15) is 0 Å². The lowest BCUT2D eigenvalue weighted by Gasteiger charge is -2.30. The van der Waals surface area contributed by atoms with Crippen LogP contribution in [0.5, 0.6) is 11.5 Å². The van der Waals surface area contributed by atoms with Gasteiger partial charge in [-0.05, 0) is 102 Å². The standard InChI is InChI=1S/C47H28O/c1-2-11-29(12-3-1)30-22-25-44-39(27-30)38-17-10-16-37-32(24-26-45(48-44)46(37)38)31-21-23-36-35-15-6-9-20-42(35)47(43(36)28-31)40-18-7-4-13-33(40)34-14-5-8-19-41(34)47/h1-28H. The average molecular weight is 609 g/mol. The van der Waals surface area contributed by atoms with Crippen LogP contribution in [0.1, 0.15) is 22.3 Å². The van der Waals surface area contributed by atoms with E-state index in [1.807, 2.05) is 0 Å². The second-order valence-corrected chi connectivity index (χ2v) is 13.2. The fourth-order valence-electron chi connectivity index (χ4n) is 8.96. The first-order chi connectivity index (χ1) is 23.8. The molecule has 1 aliphatic heterocycles. The van der Waals surface area contributed by atoms with Crippen LogP contribution in [0.2, 0.25) is 0 Å². The van der Waals surface area contributed by atoms with Gasteiger partial charge in [-0.15, -0.1) is 0 Å². The maximum atomic E-state index is 6.60. The first-order valence-corrected chi connectivity index (χ1v) is 16.7. The Morgan fingerprint density at radius 2 is 0.875 bits per heavy atom. The van der Waals surface area contributed by atoms with Gasteiger partial charge in [0, 0.05) is 10.9 Å². The summed E-state index contributed by atoms with van der Waals surface area (Å²) in [4.78, 5) is 0. The van der Waals surface area contributed by atoms with E-state index in [4.69, 9.17) is 4.74 Å². The van der Waals surface area contributed by atoms with E-state index >= 15 is 0 Å². The van der Waals surface area contributed by atoms with Crippen molar-refractivity contribution < 1.29 is 4.74 Å². The quantitative estimate of drug-likeness (QED) is 0.190. The summed E-state index contributed by atoms with van der Waals surface area (Å²) >= 11 is 0. The number of ether oxygens (including phenoxy) is 1. The summed E-state index contributed by atoms with van der Waals surface area (Å²) in [6.07, 6.45) is 0. The van der Waals surface area contributed by atoms with Crippen LogP contribution >= 0.6 is 0 Å². The van der Waals surface area contributed by atoms with E-state index < -0.39 is 0 Å². The zero-order valence-electron chi connectivity index (χ0n) is 26.1. The maximum Gasteiger partial charge on any atom is 0.135 e. The molecule has 0 radical (unpaired) electrons. The van der Waals surface area contributed by atoms with Crippen molar-refractivity contribution in [2.24, 2.45) is 0 Å². The number of fused-ring (bicyclic) bond motifs is 12. The Kier molecular flexibility index (Phi) is 5.10. The Balaban J connectivity index is 1.15. The molecule has 8 aromatic rings. The highest BCUT2D eigenvalue weighted by molar-refractivity contribution is 6.10. The summed E-state index contributed by atoms with van der Waals surface area (Å²) < 4.78 is 6.60. The molecule has 0 amide bonds. The van der Waals surface area contributed by atoms with Crippen molar-refractivity contribution in [1.82, 2.24) is 0 Å². The molecule has 0 saturated heterocycles. The van der Waals surface area contributed by atoms with Crippen LogP contribution in [0, 0.1) is 0 Å². The molecule has 0 N–H and O–H groups in total. The summed E-state index contributed by atoms with van der Waals surface area (Å²) in [6, 6.07) is 62.4. The molecule has 0 fully saturated rings. The van der Waals surface area contributed by atoms with Crippen molar-refractivity contribution in [1.29, 1.82) is 0 Å². The molecule has 3 aliphatic rings. The third kappa shape index (κ3) is 3.25. The predicted molar refractivity (Wildman–Crippen MR) is 197 cm³/mol. The van der Waals surface area contributed by atoms with Crippen LogP contribution in [-0.4, -0.2) is 0 Å². The molecule has 2 aliphatic carbocycles. The van der Waals surface area contributed by atoms with Gasteiger partial charge >= 0.3 is 0 Å². The molecule has 0 atom stereocenters. The van der Waals surface area contributed by atoms with E-state index in [9.17, 15) is 0 Å². The summed E-state index contributed by atoms with van der Waals surface area (Å²) in [6.45, 7) is 0. The highest BCUT2D eigenvalue weighted by Crippen LogP contribution is 2.63. The monoisotopic (exact) mass is 608 g/mol. The third-order valence-corrected chi connectivity index (χ3v) is 10.9. The van der Waals surface area contributed by atoms with E-state index in [1.54, 1.807) is 0 Å². The molecule has 0 saturated carbocycles. The first kappa shape index (κ1) is 25.9. The van der Waals surface area contributed by atoms with E-state index in [2.05, 4.69) is 170 Å². The van der Waals surface area contributed by atoms with E-state index in [0.29, 0.717) is 0 Å². The molecule has 1 nitrogen and oxygen atoms in total. The number of hydrogen-bond donors (Lipinski definition) is 0. The van der Waals surface area contributed by atoms with Crippen LogP contribution in [-0.2, 0) is 5.41 Å². The van der Waals surface area contributed by atoms with Gasteiger partial charge in [0.1, 0.15) is 11.5 Å². The zero-order valence-corrected chi connectivity index (χ0v) is 26.1. The van der Waals surface area contributed by atoms with Crippen molar-refractivity contribution >= 4 is 10.8 Å². The minimum atomic E-state index is -0.364. The van der Waals surface area contributed by atoms with Gasteiger partial charge in [0.25, 0.3) is 0 Å². The van der Waals surface area contributed by atoms with E-state index in [1.165, 1.54) is 83.1 Å². The predicted octanol–water partition coefficient (Wildman–Crippen LogP) is 12.3. The van der Waals surface area contributed by atoms with Crippen molar-refractivity contribution in [2.45, 2.75) is 5.41 Å². The molecule has 0 unspecified atom stereocenters. The Hall–Kier alpha value is -6.18. The molecule has 0 aromatic heterocycles. The Bertz CT molecular complexity index is 2580. The molecule has 1 spiro atoms. The van der Waals surface area contributed by atoms with Crippen molar-refractivity contribution in [3.8, 4) is 67.1 Å². The van der Waals surface area contributed by atoms with Crippen LogP contribution in [0.25, 0.3) is 66.4 Å². The second kappa shape index (κ2) is 9.44. The minimum absolute atomic E-state index is 0.364. The van der Waals surface area contributed by atoms with Crippen LogP contribution < -0.4 is 4.74 Å². The highest BCUT2D eigenvalue weighted by Gasteiger charge is 2.51. The second-order valence-electron chi connectivity index (χ2n) is 13.2. The van der Waals surface area contributed by atoms with Gasteiger partial charge in [-0.1, -0.05) is 146 Å². The molecule has 1 heterocycles. The Morgan fingerprint density at radius 3 is 1.58 bits per heavy atom. The van der Waals surface area contributed by atoms with Crippen molar-refractivity contribution in [3.05, 3.63) is 192 Å². The van der Waals surface area contributed by atoms with Gasteiger partial charge < -0.3 is 4.74 Å². The zero-order chi connectivity index (χ0) is 31.4. The minimum Gasteiger partial charge on any atom is -0.456 e. The number of benzene rings is 8. The SMILES string of the molecule is c1ccc(-c2ccc3c(c2)-c2cccc4c(-c5ccc6c(c5)C5(c7ccccc7-c7ccccc75)c5ccccc5-6)ccc(c24)O3)cc1. The Labute approximate surface area is 279 Å². The molecular formula is C47H28O. The molecule has 11 rings (SSSR count). The Morgan fingerprint density at radius 1 is 0.312 bits per heavy atom. The lowest BCUT2D eigenvalue weighted by molar-refractivity contribution is 0.487. The number of rotatable bonds is 2. The summed E-state index contributed by atoms with van der Waals surface area (Å²) in [5.41, 5.74) is 17.6. The van der Waals surface area contributed by atoms with Gasteiger partial charge in [-0.3, -0.25) is 0 Å². The van der Waals surface area contributed by atoms with Gasteiger partial charge in [0.15, 0.2) is 0 Å². The fourth-order valence-corrected chi connectivity index (χ4v) is 8.96. The van der Waals surface area contributed by atoms with Crippen molar-refractivity contribution in [2.75, 3.05) is 0 Å². The van der Waals surface area contributed by atoms with Crippen LogP contribution in [0.15, 0.2) is 170 Å². The molecule has 0 bridgehead atoms. The summed E-state index contributed by atoms with van der Waals surface area (Å²) in [5, 5.41) is 2.38. The molecule has 222 valence electrons. The number of hydrogen-bond acceptors (Lipinski definition) is 1. The van der Waals surface area contributed by atoms with Crippen LogP contribution in [0.3, 0.4) is 0 Å². The van der Waals surface area contributed by atoms with E-state index in [0.717, 1.165) is 17.1 Å². The van der Waals surface area contributed by atoms with Gasteiger partial charge in [-0.25, -0.2) is 0 Å². The van der Waals surface area contributed by atoms with E-state index in [-0.39, 0.29) is 5.41 Å². The molecular weight excluding hydrogens is 581 g/mol.